The first-order valence-electron chi connectivity index (χ1n) is 9.02. The van der Waals surface area contributed by atoms with Gasteiger partial charge in [0.15, 0.2) is 0 Å². The fraction of sp³-hybridized carbons (Fsp3) is 0.833. The van der Waals surface area contributed by atoms with E-state index in [1.807, 2.05) is 0 Å². The van der Waals surface area contributed by atoms with E-state index in [4.69, 9.17) is 14.6 Å². The lowest BCUT2D eigenvalue weighted by Crippen LogP contribution is -2.35. The van der Waals surface area contributed by atoms with Crippen LogP contribution in [0.5, 0.6) is 0 Å². The van der Waals surface area contributed by atoms with Gasteiger partial charge in [0.2, 0.25) is 6.29 Å². The number of amides is 1. The summed E-state index contributed by atoms with van der Waals surface area (Å²) in [5.74, 6) is -1.41. The van der Waals surface area contributed by atoms with Crippen molar-refractivity contribution in [2.45, 2.75) is 73.0 Å². The molecule has 0 aromatic rings. The third-order valence-corrected chi connectivity index (χ3v) is 3.81. The van der Waals surface area contributed by atoms with Crippen molar-refractivity contribution in [3.8, 4) is 0 Å². The summed E-state index contributed by atoms with van der Waals surface area (Å²) in [7, 11) is 0. The Morgan fingerprint density at radius 3 is 2.24 bits per heavy atom. The molecule has 25 heavy (non-hydrogen) atoms. The van der Waals surface area contributed by atoms with Crippen LogP contribution in [0.15, 0.2) is 0 Å². The van der Waals surface area contributed by atoms with Gasteiger partial charge < -0.3 is 19.9 Å². The molecule has 0 heterocycles. The van der Waals surface area contributed by atoms with Gasteiger partial charge in [-0.1, -0.05) is 47.0 Å². The van der Waals surface area contributed by atoms with Crippen molar-refractivity contribution in [3.63, 3.8) is 0 Å². The summed E-state index contributed by atoms with van der Waals surface area (Å²) >= 11 is 0. The van der Waals surface area contributed by atoms with E-state index < -0.39 is 24.3 Å². The minimum absolute atomic E-state index is 0.00532. The van der Waals surface area contributed by atoms with Crippen molar-refractivity contribution in [1.82, 2.24) is 5.32 Å². The molecule has 0 bridgehead atoms. The van der Waals surface area contributed by atoms with Crippen LogP contribution in [0.2, 0.25) is 0 Å². The van der Waals surface area contributed by atoms with Crippen LogP contribution in [-0.2, 0) is 19.1 Å². The smallest absolute Gasteiger partial charge is 0.410 e. The van der Waals surface area contributed by atoms with E-state index in [0.29, 0.717) is 5.92 Å². The molecular formula is C18H33NO6. The third kappa shape index (κ3) is 12.3. The van der Waals surface area contributed by atoms with Gasteiger partial charge in [0.1, 0.15) is 0 Å². The second kappa shape index (κ2) is 12.6. The van der Waals surface area contributed by atoms with Gasteiger partial charge in [-0.05, 0) is 18.3 Å². The number of hydrogen-bond acceptors (Lipinski definition) is 5. The topological polar surface area (TPSA) is 102 Å². The molecule has 0 radical (unpaired) electrons. The van der Waals surface area contributed by atoms with Crippen LogP contribution in [0.3, 0.4) is 0 Å². The van der Waals surface area contributed by atoms with E-state index in [1.165, 1.54) is 6.92 Å². The fourth-order valence-electron chi connectivity index (χ4n) is 2.47. The molecule has 0 spiro atoms. The predicted octanol–water partition coefficient (Wildman–Crippen LogP) is 3.57. The molecule has 0 aromatic carbocycles. The Balaban J connectivity index is 4.35. The largest absolute Gasteiger partial charge is 0.481 e. The molecule has 0 saturated heterocycles. The lowest BCUT2D eigenvalue weighted by atomic mass is 9.90. The molecule has 1 amide bonds. The number of unbranched alkanes of at least 4 members (excludes halogenated alkanes) is 1. The number of aliphatic carboxylic acids is 1. The highest BCUT2D eigenvalue weighted by atomic mass is 16.7. The SMILES string of the molecule is CCCC[C@@H](C)C[C@H](CNC(=O)O[C@H](C)OC(=O)C(C)C)CC(=O)O. The highest BCUT2D eigenvalue weighted by Crippen LogP contribution is 2.20. The van der Waals surface area contributed by atoms with Crippen LogP contribution < -0.4 is 5.32 Å². The molecule has 7 nitrogen and oxygen atoms in total. The number of esters is 1. The molecule has 3 atom stereocenters. The van der Waals surface area contributed by atoms with Crippen molar-refractivity contribution < 1.29 is 29.0 Å². The molecule has 2 N–H and O–H groups in total. The molecule has 7 heteroatoms. The lowest BCUT2D eigenvalue weighted by Gasteiger charge is -2.21. The van der Waals surface area contributed by atoms with E-state index in [9.17, 15) is 14.4 Å². The molecule has 0 aliphatic heterocycles. The first-order chi connectivity index (χ1) is 11.6. The maximum Gasteiger partial charge on any atom is 0.410 e. The number of carbonyl (C=O) groups is 3. The number of alkyl carbamates (subject to hydrolysis) is 1. The van der Waals surface area contributed by atoms with Crippen molar-refractivity contribution in [2.24, 2.45) is 17.8 Å². The van der Waals surface area contributed by atoms with Crippen molar-refractivity contribution in [2.75, 3.05) is 6.54 Å². The number of carboxylic acids is 1. The van der Waals surface area contributed by atoms with Crippen LogP contribution >= 0.6 is 0 Å². The maximum absolute atomic E-state index is 11.8. The van der Waals surface area contributed by atoms with Gasteiger partial charge in [0, 0.05) is 19.9 Å². The van der Waals surface area contributed by atoms with Crippen LogP contribution in [-0.4, -0.2) is 36.0 Å². The molecule has 0 fully saturated rings. The van der Waals surface area contributed by atoms with Gasteiger partial charge in [0.05, 0.1) is 5.92 Å². The molecule has 0 unspecified atom stereocenters. The Labute approximate surface area is 150 Å². The highest BCUT2D eigenvalue weighted by Gasteiger charge is 2.20. The molecule has 146 valence electrons. The molecule has 0 aliphatic carbocycles. The van der Waals surface area contributed by atoms with Gasteiger partial charge in [-0.15, -0.1) is 0 Å². The van der Waals surface area contributed by atoms with Crippen molar-refractivity contribution in [1.29, 1.82) is 0 Å². The monoisotopic (exact) mass is 359 g/mol. The van der Waals surface area contributed by atoms with Crippen LogP contribution in [0.25, 0.3) is 0 Å². The first kappa shape index (κ1) is 23.2. The average Bonchev–Trinajstić information content (AvgIpc) is 2.49. The number of carbonyl (C=O) groups excluding carboxylic acids is 2. The summed E-state index contributed by atoms with van der Waals surface area (Å²) in [6.07, 6.45) is 2.26. The highest BCUT2D eigenvalue weighted by molar-refractivity contribution is 5.72. The van der Waals surface area contributed by atoms with E-state index in [-0.39, 0.29) is 24.8 Å². The van der Waals surface area contributed by atoms with Crippen molar-refractivity contribution in [3.05, 3.63) is 0 Å². The first-order valence-corrected chi connectivity index (χ1v) is 9.02. The molecule has 0 rings (SSSR count). The van der Waals surface area contributed by atoms with E-state index in [0.717, 1.165) is 25.7 Å². The normalized spacial score (nSPS) is 14.5. The van der Waals surface area contributed by atoms with Crippen LogP contribution in [0.1, 0.15) is 66.7 Å². The number of hydrogen-bond donors (Lipinski definition) is 2. The summed E-state index contributed by atoms with van der Waals surface area (Å²) in [5.41, 5.74) is 0. The zero-order valence-corrected chi connectivity index (χ0v) is 16.0. The molecule has 0 aromatic heterocycles. The average molecular weight is 359 g/mol. The summed E-state index contributed by atoms with van der Waals surface area (Å²) in [6, 6.07) is 0. The second-order valence-electron chi connectivity index (χ2n) is 6.89. The van der Waals surface area contributed by atoms with Gasteiger partial charge in [-0.25, -0.2) is 4.79 Å². The summed E-state index contributed by atoms with van der Waals surface area (Å²) < 4.78 is 9.90. The zero-order chi connectivity index (χ0) is 19.4. The predicted molar refractivity (Wildman–Crippen MR) is 93.9 cm³/mol. The lowest BCUT2D eigenvalue weighted by molar-refractivity contribution is -0.168. The maximum atomic E-state index is 11.8. The van der Waals surface area contributed by atoms with E-state index in [1.54, 1.807) is 13.8 Å². The Morgan fingerprint density at radius 1 is 1.08 bits per heavy atom. The summed E-state index contributed by atoms with van der Waals surface area (Å²) in [5, 5.41) is 11.6. The quantitative estimate of drug-likeness (QED) is 0.408. The summed E-state index contributed by atoms with van der Waals surface area (Å²) in [4.78, 5) is 34.2. The van der Waals surface area contributed by atoms with Gasteiger partial charge >= 0.3 is 18.0 Å². The molecule has 0 saturated carbocycles. The molecular weight excluding hydrogens is 326 g/mol. The Kier molecular flexibility index (Phi) is 11.7. The zero-order valence-electron chi connectivity index (χ0n) is 16.0. The fourth-order valence-corrected chi connectivity index (χ4v) is 2.47. The Bertz CT molecular complexity index is 424. The number of nitrogens with one attached hydrogen (secondary N) is 1. The van der Waals surface area contributed by atoms with Gasteiger partial charge in [-0.3, -0.25) is 9.59 Å². The minimum atomic E-state index is -0.990. The Morgan fingerprint density at radius 2 is 1.72 bits per heavy atom. The number of carboxylic acid groups (broad SMARTS) is 1. The number of rotatable bonds is 12. The summed E-state index contributed by atoms with van der Waals surface area (Å²) in [6.45, 7) is 9.26. The van der Waals surface area contributed by atoms with Crippen LogP contribution in [0.4, 0.5) is 4.79 Å². The number of ether oxygens (including phenoxy) is 2. The molecule has 0 aliphatic rings. The Hall–Kier alpha value is -1.79. The van der Waals surface area contributed by atoms with E-state index in [2.05, 4.69) is 19.2 Å². The van der Waals surface area contributed by atoms with Gasteiger partial charge in [0.25, 0.3) is 0 Å². The van der Waals surface area contributed by atoms with Crippen molar-refractivity contribution >= 4 is 18.0 Å². The third-order valence-electron chi connectivity index (χ3n) is 3.81. The minimum Gasteiger partial charge on any atom is -0.481 e. The van der Waals surface area contributed by atoms with Crippen LogP contribution in [0, 0.1) is 17.8 Å². The van der Waals surface area contributed by atoms with Gasteiger partial charge in [-0.2, -0.15) is 0 Å². The second-order valence-corrected chi connectivity index (χ2v) is 6.89. The standard InChI is InChI=1S/C18H33NO6/c1-6-7-8-13(4)9-15(10-16(20)21)11-19-18(23)25-14(5)24-17(22)12(2)3/h12-15H,6-11H2,1-5H3,(H,19,23)(H,20,21)/t13-,14-,15+/m1/s1. The van der Waals surface area contributed by atoms with E-state index >= 15 is 0 Å².